The van der Waals surface area contributed by atoms with Gasteiger partial charge in [0, 0.05) is 48.3 Å². The maximum absolute atomic E-state index is 13.5. The molecule has 3 aromatic carbocycles. The summed E-state index contributed by atoms with van der Waals surface area (Å²) in [5, 5.41) is 8.38. The highest BCUT2D eigenvalue weighted by Crippen LogP contribution is 2.25. The molecule has 33 heavy (non-hydrogen) atoms. The highest BCUT2D eigenvalue weighted by atomic mass is 19.2. The van der Waals surface area contributed by atoms with E-state index in [4.69, 9.17) is 0 Å². The number of para-hydroxylation sites is 1. The third kappa shape index (κ3) is 5.85. The standard InChI is InChI=1S/C25H24F2N4O2/c26-22-11-10-21(14-23(22)27)31-13-12-17(16-31)15-28-24(32)18-6-8-20(9-7-18)30-25(33)29-19-4-2-1-3-5-19/h1-11,14,17H,12-13,15-16H2,(H,28,32)(H2,29,30,33). The van der Waals surface area contributed by atoms with Gasteiger partial charge in [-0.3, -0.25) is 4.79 Å². The van der Waals surface area contributed by atoms with Crippen molar-refractivity contribution in [2.24, 2.45) is 5.92 Å². The van der Waals surface area contributed by atoms with Gasteiger partial charge in [0.05, 0.1) is 0 Å². The van der Waals surface area contributed by atoms with Gasteiger partial charge in [-0.15, -0.1) is 0 Å². The molecule has 3 N–H and O–H groups in total. The SMILES string of the molecule is O=C(Nc1ccccc1)Nc1ccc(C(=O)NCC2CCN(c3ccc(F)c(F)c3)C2)cc1. The van der Waals surface area contributed by atoms with Crippen LogP contribution in [0.4, 0.5) is 30.6 Å². The fourth-order valence-electron chi connectivity index (χ4n) is 3.77. The number of carbonyl (C=O) groups excluding carboxylic acids is 2. The minimum absolute atomic E-state index is 0.207. The minimum atomic E-state index is -0.861. The topological polar surface area (TPSA) is 73.5 Å². The van der Waals surface area contributed by atoms with Gasteiger partial charge in [-0.05, 0) is 60.9 Å². The molecule has 1 fully saturated rings. The quantitative estimate of drug-likeness (QED) is 0.502. The zero-order chi connectivity index (χ0) is 23.2. The lowest BCUT2D eigenvalue weighted by Crippen LogP contribution is -2.31. The molecule has 1 unspecified atom stereocenters. The van der Waals surface area contributed by atoms with Gasteiger partial charge >= 0.3 is 6.03 Å². The van der Waals surface area contributed by atoms with E-state index >= 15 is 0 Å². The Labute approximate surface area is 190 Å². The summed E-state index contributed by atoms with van der Waals surface area (Å²) in [4.78, 5) is 26.6. The van der Waals surface area contributed by atoms with Gasteiger partial charge in [0.25, 0.3) is 5.91 Å². The van der Waals surface area contributed by atoms with Crippen molar-refractivity contribution in [2.45, 2.75) is 6.42 Å². The number of nitrogens with zero attached hydrogens (tertiary/aromatic N) is 1. The molecule has 0 aliphatic carbocycles. The second-order valence-electron chi connectivity index (χ2n) is 7.93. The summed E-state index contributed by atoms with van der Waals surface area (Å²) in [5.74, 6) is -1.72. The zero-order valence-electron chi connectivity index (χ0n) is 17.9. The Balaban J connectivity index is 1.24. The van der Waals surface area contributed by atoms with Crippen LogP contribution in [-0.4, -0.2) is 31.6 Å². The highest BCUT2D eigenvalue weighted by Gasteiger charge is 2.24. The molecule has 0 spiro atoms. The predicted molar refractivity (Wildman–Crippen MR) is 125 cm³/mol. The number of urea groups is 1. The monoisotopic (exact) mass is 450 g/mol. The van der Waals surface area contributed by atoms with Gasteiger partial charge in [-0.25, -0.2) is 13.6 Å². The lowest BCUT2D eigenvalue weighted by atomic mass is 10.1. The van der Waals surface area contributed by atoms with Crippen molar-refractivity contribution < 1.29 is 18.4 Å². The molecule has 0 radical (unpaired) electrons. The molecule has 0 bridgehead atoms. The average molecular weight is 450 g/mol. The molecule has 170 valence electrons. The average Bonchev–Trinajstić information content (AvgIpc) is 3.29. The molecular formula is C25H24F2N4O2. The maximum atomic E-state index is 13.5. The molecule has 1 heterocycles. The van der Waals surface area contributed by atoms with Crippen molar-refractivity contribution in [1.82, 2.24) is 5.32 Å². The molecule has 0 aromatic heterocycles. The number of rotatable bonds is 6. The van der Waals surface area contributed by atoms with Crippen LogP contribution in [0.25, 0.3) is 0 Å². The van der Waals surface area contributed by atoms with E-state index in [9.17, 15) is 18.4 Å². The van der Waals surface area contributed by atoms with Crippen LogP contribution in [0.2, 0.25) is 0 Å². The second-order valence-corrected chi connectivity index (χ2v) is 7.93. The summed E-state index contributed by atoms with van der Waals surface area (Å²) in [7, 11) is 0. The lowest BCUT2D eigenvalue weighted by molar-refractivity contribution is 0.0948. The Kier molecular flexibility index (Phi) is 6.83. The largest absolute Gasteiger partial charge is 0.371 e. The van der Waals surface area contributed by atoms with E-state index in [0.29, 0.717) is 35.7 Å². The molecule has 1 saturated heterocycles. The van der Waals surface area contributed by atoms with E-state index in [0.717, 1.165) is 19.0 Å². The molecule has 4 rings (SSSR count). The van der Waals surface area contributed by atoms with Gasteiger partial charge in [-0.1, -0.05) is 18.2 Å². The van der Waals surface area contributed by atoms with Crippen LogP contribution in [0, 0.1) is 17.6 Å². The number of nitrogens with one attached hydrogen (secondary N) is 3. The van der Waals surface area contributed by atoms with E-state index in [-0.39, 0.29) is 17.9 Å². The normalized spacial score (nSPS) is 15.2. The van der Waals surface area contributed by atoms with Crippen molar-refractivity contribution >= 4 is 29.0 Å². The number of hydrogen-bond donors (Lipinski definition) is 3. The van der Waals surface area contributed by atoms with Gasteiger partial charge in [0.2, 0.25) is 0 Å². The van der Waals surface area contributed by atoms with Crippen LogP contribution >= 0.6 is 0 Å². The van der Waals surface area contributed by atoms with Gasteiger partial charge < -0.3 is 20.9 Å². The van der Waals surface area contributed by atoms with Crippen LogP contribution in [0.1, 0.15) is 16.8 Å². The number of anilines is 3. The number of benzene rings is 3. The fourth-order valence-corrected chi connectivity index (χ4v) is 3.77. The van der Waals surface area contributed by atoms with Crippen LogP contribution in [0.15, 0.2) is 72.8 Å². The first-order valence-corrected chi connectivity index (χ1v) is 10.7. The van der Waals surface area contributed by atoms with E-state index < -0.39 is 11.6 Å². The molecule has 6 nitrogen and oxygen atoms in total. The Morgan fingerprint density at radius 1 is 0.879 bits per heavy atom. The fraction of sp³-hybridized carbons (Fsp3) is 0.200. The first-order valence-electron chi connectivity index (χ1n) is 10.7. The summed E-state index contributed by atoms with van der Waals surface area (Å²) >= 11 is 0. The van der Waals surface area contributed by atoms with Gasteiger partial charge in [0.1, 0.15) is 0 Å². The van der Waals surface area contributed by atoms with Crippen molar-refractivity contribution in [3.63, 3.8) is 0 Å². The molecule has 1 aliphatic heterocycles. The highest BCUT2D eigenvalue weighted by molar-refractivity contribution is 6.00. The van der Waals surface area contributed by atoms with E-state index in [2.05, 4.69) is 16.0 Å². The third-order valence-electron chi connectivity index (χ3n) is 5.54. The molecule has 0 saturated carbocycles. The second kappa shape index (κ2) is 10.1. The van der Waals surface area contributed by atoms with E-state index in [1.807, 2.05) is 23.1 Å². The van der Waals surface area contributed by atoms with Crippen LogP contribution in [0.5, 0.6) is 0 Å². The Bertz CT molecular complexity index is 1120. The van der Waals surface area contributed by atoms with Crippen molar-refractivity contribution in [3.8, 4) is 0 Å². The van der Waals surface area contributed by atoms with Crippen molar-refractivity contribution in [3.05, 3.63) is 90.0 Å². The molecule has 1 aliphatic rings. The number of carbonyl (C=O) groups is 2. The maximum Gasteiger partial charge on any atom is 0.323 e. The first kappa shape index (κ1) is 22.3. The summed E-state index contributed by atoms with van der Waals surface area (Å²) in [5.41, 5.74) is 2.38. The summed E-state index contributed by atoms with van der Waals surface area (Å²) < 4.78 is 26.6. The summed E-state index contributed by atoms with van der Waals surface area (Å²) in [6.45, 7) is 1.86. The Morgan fingerprint density at radius 3 is 2.27 bits per heavy atom. The van der Waals surface area contributed by atoms with Crippen LogP contribution in [-0.2, 0) is 0 Å². The predicted octanol–water partition coefficient (Wildman–Crippen LogP) is 4.87. The third-order valence-corrected chi connectivity index (χ3v) is 5.54. The lowest BCUT2D eigenvalue weighted by Gasteiger charge is -2.19. The van der Waals surface area contributed by atoms with E-state index in [1.54, 1.807) is 42.5 Å². The smallest absolute Gasteiger partial charge is 0.323 e. The molecule has 1 atom stereocenters. The molecular weight excluding hydrogens is 426 g/mol. The van der Waals surface area contributed by atoms with Gasteiger partial charge in [-0.2, -0.15) is 0 Å². The minimum Gasteiger partial charge on any atom is -0.371 e. The molecule has 3 amide bonds. The van der Waals surface area contributed by atoms with Crippen LogP contribution in [0.3, 0.4) is 0 Å². The summed E-state index contributed by atoms with van der Waals surface area (Å²) in [6, 6.07) is 19.2. The van der Waals surface area contributed by atoms with Crippen molar-refractivity contribution in [2.75, 3.05) is 35.2 Å². The number of hydrogen-bond acceptors (Lipinski definition) is 3. The Morgan fingerprint density at radius 2 is 1.58 bits per heavy atom. The Hall–Kier alpha value is -3.94. The number of halogens is 2. The number of amides is 3. The molecule has 8 heteroatoms. The molecule has 3 aromatic rings. The van der Waals surface area contributed by atoms with E-state index in [1.165, 1.54) is 6.07 Å². The van der Waals surface area contributed by atoms with Crippen LogP contribution < -0.4 is 20.9 Å². The zero-order valence-corrected chi connectivity index (χ0v) is 17.9. The summed E-state index contributed by atoms with van der Waals surface area (Å²) in [6.07, 6.45) is 0.846. The van der Waals surface area contributed by atoms with Gasteiger partial charge in [0.15, 0.2) is 11.6 Å². The van der Waals surface area contributed by atoms with Crippen molar-refractivity contribution in [1.29, 1.82) is 0 Å². The first-order chi connectivity index (χ1) is 16.0.